The molecule has 0 bridgehead atoms. The Morgan fingerprint density at radius 2 is 2.37 bits per heavy atom. The summed E-state index contributed by atoms with van der Waals surface area (Å²) in [5.41, 5.74) is 5.04. The highest BCUT2D eigenvalue weighted by Gasteiger charge is 2.42. The Morgan fingerprint density at radius 1 is 1.68 bits per heavy atom. The topological polar surface area (TPSA) is 123 Å². The quantitative estimate of drug-likeness (QED) is 0.595. The van der Waals surface area contributed by atoms with E-state index >= 15 is 0 Å². The number of nitrogens with two attached hydrogens (primary N) is 1. The monoisotopic (exact) mass is 266 g/mol. The van der Waals surface area contributed by atoms with Crippen LogP contribution in [0.3, 0.4) is 0 Å². The molecule has 1 aromatic heterocycles. The number of aromatic nitrogens is 1. The van der Waals surface area contributed by atoms with Gasteiger partial charge in [0.25, 0.3) is 5.69 Å². The van der Waals surface area contributed by atoms with Crippen LogP contribution >= 0.6 is 0 Å². The van der Waals surface area contributed by atoms with Gasteiger partial charge in [0.1, 0.15) is 17.6 Å². The van der Waals surface area contributed by atoms with Gasteiger partial charge >= 0.3 is 5.97 Å². The minimum Gasteiger partial charge on any atom is -0.480 e. The van der Waals surface area contributed by atoms with Gasteiger partial charge in [-0.3, -0.25) is 14.9 Å². The van der Waals surface area contributed by atoms with E-state index < -0.39 is 16.4 Å². The van der Waals surface area contributed by atoms with Crippen molar-refractivity contribution in [1.29, 1.82) is 0 Å². The average molecular weight is 266 g/mol. The second kappa shape index (κ2) is 4.47. The Labute approximate surface area is 109 Å². The highest BCUT2D eigenvalue weighted by molar-refractivity contribution is 5.80. The first-order chi connectivity index (χ1) is 8.83. The van der Waals surface area contributed by atoms with E-state index in [0.29, 0.717) is 24.3 Å². The zero-order valence-electron chi connectivity index (χ0n) is 10.4. The van der Waals surface area contributed by atoms with Gasteiger partial charge in [0, 0.05) is 19.2 Å². The van der Waals surface area contributed by atoms with Crippen LogP contribution in [0, 0.1) is 17.0 Å². The van der Waals surface area contributed by atoms with E-state index in [1.54, 1.807) is 11.8 Å². The van der Waals surface area contributed by atoms with Crippen molar-refractivity contribution in [2.24, 2.45) is 5.73 Å². The molecule has 102 valence electrons. The molecule has 0 saturated carbocycles. The number of aryl methyl sites for hydroxylation is 1. The van der Waals surface area contributed by atoms with E-state index in [1.807, 2.05) is 0 Å². The summed E-state index contributed by atoms with van der Waals surface area (Å²) in [7, 11) is 0. The van der Waals surface area contributed by atoms with Gasteiger partial charge in [-0.05, 0) is 18.9 Å². The lowest BCUT2D eigenvalue weighted by atomic mass is 10.0. The number of nitro groups is 1. The summed E-state index contributed by atoms with van der Waals surface area (Å²) in [5.74, 6) is -0.506. The van der Waals surface area contributed by atoms with Crippen LogP contribution in [-0.2, 0) is 4.79 Å². The van der Waals surface area contributed by atoms with Crippen LogP contribution in [0.4, 0.5) is 11.5 Å². The van der Waals surface area contributed by atoms with Crippen molar-refractivity contribution in [3.05, 3.63) is 27.9 Å². The van der Waals surface area contributed by atoms with Crippen molar-refractivity contribution in [3.8, 4) is 0 Å². The highest BCUT2D eigenvalue weighted by Crippen LogP contribution is 2.28. The zero-order chi connectivity index (χ0) is 14.2. The van der Waals surface area contributed by atoms with Gasteiger partial charge < -0.3 is 15.7 Å². The van der Waals surface area contributed by atoms with Gasteiger partial charge in [0.05, 0.1) is 4.92 Å². The molecule has 1 aliphatic heterocycles. The number of rotatable bonds is 3. The molecule has 19 heavy (non-hydrogen) atoms. The molecule has 1 fully saturated rings. The first kappa shape index (κ1) is 13.2. The van der Waals surface area contributed by atoms with Crippen LogP contribution in [0.1, 0.15) is 12.0 Å². The van der Waals surface area contributed by atoms with Gasteiger partial charge in [-0.25, -0.2) is 4.98 Å². The molecule has 0 aliphatic carbocycles. The number of hydrogen-bond acceptors (Lipinski definition) is 6. The summed E-state index contributed by atoms with van der Waals surface area (Å²) >= 11 is 0. The molecule has 8 heteroatoms. The Bertz CT molecular complexity index is 547. The number of carboxylic acid groups (broad SMARTS) is 1. The third-order valence-corrected chi connectivity index (χ3v) is 3.27. The first-order valence-corrected chi connectivity index (χ1v) is 5.72. The van der Waals surface area contributed by atoms with E-state index in [9.17, 15) is 14.9 Å². The van der Waals surface area contributed by atoms with Crippen molar-refractivity contribution in [1.82, 2.24) is 4.98 Å². The molecule has 0 spiro atoms. The molecule has 0 aromatic carbocycles. The summed E-state index contributed by atoms with van der Waals surface area (Å²) in [6, 6.07) is 1.42. The standard InChI is InChI=1S/C11H14N4O4/c1-7-4-8(15(18)19)5-13-9(7)14-3-2-11(12,6-14)10(16)17/h4-5H,2-3,6,12H2,1H3,(H,16,17). The molecule has 1 saturated heterocycles. The van der Waals surface area contributed by atoms with Crippen LogP contribution in [-0.4, -0.2) is 39.6 Å². The number of nitrogens with zero attached hydrogens (tertiary/aromatic N) is 3. The predicted molar refractivity (Wildman–Crippen MR) is 67.0 cm³/mol. The maximum atomic E-state index is 11.1. The van der Waals surface area contributed by atoms with Gasteiger partial charge in [0.15, 0.2) is 0 Å². The Morgan fingerprint density at radius 3 is 2.84 bits per heavy atom. The maximum Gasteiger partial charge on any atom is 0.325 e. The van der Waals surface area contributed by atoms with E-state index in [-0.39, 0.29) is 12.2 Å². The number of pyridine rings is 1. The molecule has 8 nitrogen and oxygen atoms in total. The molecule has 1 aromatic rings. The molecule has 0 radical (unpaired) electrons. The van der Waals surface area contributed by atoms with Crippen LogP contribution < -0.4 is 10.6 Å². The Hall–Kier alpha value is -2.22. The predicted octanol–water partition coefficient (Wildman–Crippen LogP) is 0.290. The fourth-order valence-corrected chi connectivity index (χ4v) is 2.17. The van der Waals surface area contributed by atoms with Gasteiger partial charge in [-0.15, -0.1) is 0 Å². The first-order valence-electron chi connectivity index (χ1n) is 5.72. The molecule has 1 aliphatic rings. The lowest BCUT2D eigenvalue weighted by Crippen LogP contribution is -2.50. The minimum absolute atomic E-state index is 0.0855. The van der Waals surface area contributed by atoms with Crippen molar-refractivity contribution in [3.63, 3.8) is 0 Å². The van der Waals surface area contributed by atoms with Crippen LogP contribution in [0.25, 0.3) is 0 Å². The van der Waals surface area contributed by atoms with Gasteiger partial charge in [-0.2, -0.15) is 0 Å². The smallest absolute Gasteiger partial charge is 0.325 e. The molecule has 2 heterocycles. The second-order valence-corrected chi connectivity index (χ2v) is 4.72. The summed E-state index contributed by atoms with van der Waals surface area (Å²) in [6.45, 7) is 2.31. The molecule has 1 unspecified atom stereocenters. The zero-order valence-corrected chi connectivity index (χ0v) is 10.4. The largest absolute Gasteiger partial charge is 0.480 e. The van der Waals surface area contributed by atoms with Crippen molar-refractivity contribution in [2.45, 2.75) is 18.9 Å². The Balaban J connectivity index is 2.25. The van der Waals surface area contributed by atoms with E-state index in [2.05, 4.69) is 4.98 Å². The number of anilines is 1. The van der Waals surface area contributed by atoms with Gasteiger partial charge in [-0.1, -0.05) is 0 Å². The fourth-order valence-electron chi connectivity index (χ4n) is 2.17. The lowest BCUT2D eigenvalue weighted by molar-refractivity contribution is -0.385. The SMILES string of the molecule is Cc1cc([N+](=O)[O-])cnc1N1CCC(N)(C(=O)O)C1. The van der Waals surface area contributed by atoms with E-state index in [1.165, 1.54) is 12.3 Å². The molecule has 2 rings (SSSR count). The maximum absolute atomic E-state index is 11.1. The van der Waals surface area contributed by atoms with E-state index in [0.717, 1.165) is 0 Å². The number of carbonyl (C=O) groups is 1. The number of aliphatic carboxylic acids is 1. The number of hydrogen-bond donors (Lipinski definition) is 2. The molecule has 3 N–H and O–H groups in total. The van der Waals surface area contributed by atoms with Gasteiger partial charge in [0.2, 0.25) is 0 Å². The highest BCUT2D eigenvalue weighted by atomic mass is 16.6. The number of carboxylic acids is 1. The minimum atomic E-state index is -1.28. The summed E-state index contributed by atoms with van der Waals surface area (Å²) in [5, 5.41) is 19.7. The van der Waals surface area contributed by atoms with Crippen molar-refractivity contribution < 1.29 is 14.8 Å². The summed E-state index contributed by atoms with van der Waals surface area (Å²) in [4.78, 5) is 27.0. The van der Waals surface area contributed by atoms with Crippen molar-refractivity contribution in [2.75, 3.05) is 18.0 Å². The van der Waals surface area contributed by atoms with Crippen LogP contribution in [0.2, 0.25) is 0 Å². The van der Waals surface area contributed by atoms with Crippen LogP contribution in [0.5, 0.6) is 0 Å². The third-order valence-electron chi connectivity index (χ3n) is 3.27. The Kier molecular flexibility index (Phi) is 3.11. The van der Waals surface area contributed by atoms with Crippen molar-refractivity contribution >= 4 is 17.5 Å². The molecular formula is C11H14N4O4. The summed E-state index contributed by atoms with van der Waals surface area (Å²) in [6.07, 6.45) is 1.49. The second-order valence-electron chi connectivity index (χ2n) is 4.72. The average Bonchev–Trinajstić information content (AvgIpc) is 2.73. The fraction of sp³-hybridized carbons (Fsp3) is 0.455. The lowest BCUT2D eigenvalue weighted by Gasteiger charge is -2.21. The third kappa shape index (κ3) is 2.34. The molecule has 1 atom stereocenters. The summed E-state index contributed by atoms with van der Waals surface area (Å²) < 4.78 is 0. The van der Waals surface area contributed by atoms with Crippen LogP contribution in [0.15, 0.2) is 12.3 Å². The molecule has 0 amide bonds. The molecular weight excluding hydrogens is 252 g/mol. The van der Waals surface area contributed by atoms with E-state index in [4.69, 9.17) is 10.8 Å². The normalized spacial score (nSPS) is 22.5.